The Labute approximate surface area is 175 Å². The Balaban J connectivity index is 3.15. The van der Waals surface area contributed by atoms with E-state index >= 15 is 0 Å². The van der Waals surface area contributed by atoms with Gasteiger partial charge in [0.2, 0.25) is 0 Å². The van der Waals surface area contributed by atoms with Crippen molar-refractivity contribution in [2.24, 2.45) is 0 Å². The summed E-state index contributed by atoms with van der Waals surface area (Å²) in [6, 6.07) is 0. The van der Waals surface area contributed by atoms with Gasteiger partial charge in [0, 0.05) is 20.8 Å². The maximum absolute atomic E-state index is 11.7. The van der Waals surface area contributed by atoms with Crippen LogP contribution in [0.4, 0.5) is 0 Å². The van der Waals surface area contributed by atoms with E-state index in [9.17, 15) is 14.4 Å². The van der Waals surface area contributed by atoms with E-state index < -0.39 is 55.7 Å². The molecule has 162 valence electrons. The minimum atomic E-state index is -2.11. The fourth-order valence-corrected chi connectivity index (χ4v) is 4.18. The highest BCUT2D eigenvalue weighted by molar-refractivity contribution is 9.09. The number of alkyl halides is 1. The van der Waals surface area contributed by atoms with Gasteiger partial charge in [0.05, 0.1) is 6.61 Å². The zero-order chi connectivity index (χ0) is 21.9. The molecule has 0 saturated carbocycles. The summed E-state index contributed by atoms with van der Waals surface area (Å²) in [4.78, 5) is 34.8. The normalized spacial score (nSPS) is 28.4. The van der Waals surface area contributed by atoms with E-state index in [0.29, 0.717) is 0 Å². The first-order chi connectivity index (χ1) is 12.7. The lowest BCUT2D eigenvalue weighted by molar-refractivity contribution is -0.234. The second kappa shape index (κ2) is 9.68. The van der Waals surface area contributed by atoms with Gasteiger partial charge in [-0.15, -0.1) is 0 Å². The van der Waals surface area contributed by atoms with Crippen molar-refractivity contribution < 1.29 is 37.8 Å². The van der Waals surface area contributed by atoms with E-state index in [2.05, 4.69) is 49.8 Å². The van der Waals surface area contributed by atoms with Gasteiger partial charge in [-0.05, 0) is 18.1 Å². The number of esters is 3. The third-order valence-electron chi connectivity index (χ3n) is 4.90. The predicted octanol–water partition coefficient (Wildman–Crippen LogP) is 2.92. The quantitative estimate of drug-likeness (QED) is 0.246. The van der Waals surface area contributed by atoms with Crippen LogP contribution in [0, 0.1) is 0 Å². The second-order valence-corrected chi connectivity index (χ2v) is 14.0. The Kier molecular flexibility index (Phi) is 8.67. The molecular formula is C18H31BrO8Si. The molecule has 0 radical (unpaired) electrons. The van der Waals surface area contributed by atoms with Crippen LogP contribution in [-0.4, -0.2) is 62.3 Å². The number of hydrogen-bond acceptors (Lipinski definition) is 8. The summed E-state index contributed by atoms with van der Waals surface area (Å²) in [7, 11) is -2.11. The number of ether oxygens (including phenoxy) is 4. The zero-order valence-corrected chi connectivity index (χ0v) is 20.3. The molecule has 0 amide bonds. The van der Waals surface area contributed by atoms with Crippen LogP contribution in [0.15, 0.2) is 0 Å². The molecule has 0 aliphatic carbocycles. The minimum absolute atomic E-state index is 0.0258. The largest absolute Gasteiger partial charge is 0.456 e. The molecule has 0 aromatic carbocycles. The van der Waals surface area contributed by atoms with Crippen molar-refractivity contribution in [1.82, 2.24) is 0 Å². The lowest BCUT2D eigenvalue weighted by atomic mass is 9.99. The molecule has 1 saturated heterocycles. The van der Waals surface area contributed by atoms with Crippen molar-refractivity contribution in [3.8, 4) is 0 Å². The molecule has 1 aliphatic rings. The molecule has 8 nitrogen and oxygen atoms in total. The fraction of sp³-hybridized carbons (Fsp3) is 0.833. The lowest BCUT2D eigenvalue weighted by Crippen LogP contribution is -2.61. The molecular weight excluding hydrogens is 452 g/mol. The third kappa shape index (κ3) is 6.82. The van der Waals surface area contributed by atoms with Gasteiger partial charge in [0.15, 0.2) is 31.6 Å². The Morgan fingerprint density at radius 3 is 1.75 bits per heavy atom. The molecule has 10 heteroatoms. The van der Waals surface area contributed by atoms with Gasteiger partial charge < -0.3 is 23.4 Å². The summed E-state index contributed by atoms with van der Waals surface area (Å²) in [6.07, 6.45) is -3.70. The van der Waals surface area contributed by atoms with Gasteiger partial charge in [-0.3, -0.25) is 14.4 Å². The van der Waals surface area contributed by atoms with Crippen LogP contribution in [0.5, 0.6) is 0 Å². The topological polar surface area (TPSA) is 97.4 Å². The lowest BCUT2D eigenvalue weighted by Gasteiger charge is -2.44. The Bertz CT molecular complexity index is 589. The van der Waals surface area contributed by atoms with Gasteiger partial charge in [-0.25, -0.2) is 0 Å². The fourth-order valence-electron chi connectivity index (χ4n) is 2.48. The number of hydrogen-bond donors (Lipinski definition) is 0. The van der Waals surface area contributed by atoms with Crippen molar-refractivity contribution >= 4 is 42.2 Å². The molecule has 5 atom stereocenters. The van der Waals surface area contributed by atoms with Crippen LogP contribution in [-0.2, 0) is 37.8 Å². The molecule has 0 aromatic heterocycles. The van der Waals surface area contributed by atoms with Crippen LogP contribution < -0.4 is 0 Å². The maximum Gasteiger partial charge on any atom is 0.303 e. The molecule has 0 N–H and O–H groups in total. The summed E-state index contributed by atoms with van der Waals surface area (Å²) >= 11 is 3.33. The first-order valence-corrected chi connectivity index (χ1v) is 12.9. The van der Waals surface area contributed by atoms with E-state index in [0.717, 1.165) is 0 Å². The number of carbonyl (C=O) groups excluding carboxylic acids is 3. The summed E-state index contributed by atoms with van der Waals surface area (Å²) in [5, 5.41) is -0.789. The van der Waals surface area contributed by atoms with E-state index in [1.165, 1.54) is 20.8 Å². The third-order valence-corrected chi connectivity index (χ3v) is 10.1. The van der Waals surface area contributed by atoms with Crippen molar-refractivity contribution in [1.29, 1.82) is 0 Å². The molecule has 1 fully saturated rings. The predicted molar refractivity (Wildman–Crippen MR) is 107 cm³/mol. The molecule has 0 bridgehead atoms. The highest BCUT2D eigenvalue weighted by atomic mass is 79.9. The van der Waals surface area contributed by atoms with E-state index in [1.54, 1.807) is 0 Å². The molecule has 0 unspecified atom stereocenters. The van der Waals surface area contributed by atoms with Gasteiger partial charge >= 0.3 is 17.9 Å². The first kappa shape index (κ1) is 25.1. The average Bonchev–Trinajstić information content (AvgIpc) is 2.49. The smallest absolute Gasteiger partial charge is 0.303 e. The summed E-state index contributed by atoms with van der Waals surface area (Å²) in [5.74, 6) is -1.74. The SMILES string of the molecule is CC(=O)O[C@@H]1[C@@H](OC(C)=O)[C@@H](Br)O[C@H](CO[Si](C)(C)C(C)(C)C)[C@@H]1OC(C)=O. The second-order valence-electron chi connectivity index (χ2n) is 8.32. The van der Waals surface area contributed by atoms with Crippen LogP contribution in [0.1, 0.15) is 41.5 Å². The van der Waals surface area contributed by atoms with Gasteiger partial charge in [0.1, 0.15) is 6.10 Å². The van der Waals surface area contributed by atoms with Crippen molar-refractivity contribution in [2.75, 3.05) is 6.61 Å². The van der Waals surface area contributed by atoms with Gasteiger partial charge in [-0.2, -0.15) is 0 Å². The van der Waals surface area contributed by atoms with E-state index in [-0.39, 0.29) is 11.6 Å². The van der Waals surface area contributed by atoms with Crippen molar-refractivity contribution in [2.45, 2.75) is 89.1 Å². The molecule has 1 heterocycles. The number of halogens is 1. The highest BCUT2D eigenvalue weighted by Crippen LogP contribution is 2.38. The van der Waals surface area contributed by atoms with Crippen LogP contribution in [0.25, 0.3) is 0 Å². The molecule has 28 heavy (non-hydrogen) atoms. The van der Waals surface area contributed by atoms with E-state index in [1.807, 2.05) is 0 Å². The van der Waals surface area contributed by atoms with Gasteiger partial charge in [-0.1, -0.05) is 36.7 Å². The summed E-state index contributed by atoms with van der Waals surface area (Å²) in [5.41, 5.74) is 0. The molecule has 1 aliphatic heterocycles. The first-order valence-electron chi connectivity index (χ1n) is 9.11. The monoisotopic (exact) mass is 482 g/mol. The van der Waals surface area contributed by atoms with Crippen LogP contribution in [0.2, 0.25) is 18.1 Å². The highest BCUT2D eigenvalue weighted by Gasteiger charge is 2.51. The summed E-state index contributed by atoms with van der Waals surface area (Å²) < 4.78 is 28.2. The van der Waals surface area contributed by atoms with Crippen LogP contribution in [0.3, 0.4) is 0 Å². The summed E-state index contributed by atoms with van der Waals surface area (Å²) in [6.45, 7) is 14.4. The van der Waals surface area contributed by atoms with Crippen molar-refractivity contribution in [3.05, 3.63) is 0 Å². The van der Waals surface area contributed by atoms with Gasteiger partial charge in [0.25, 0.3) is 0 Å². The van der Waals surface area contributed by atoms with E-state index in [4.69, 9.17) is 23.4 Å². The number of carbonyl (C=O) groups is 3. The van der Waals surface area contributed by atoms with Crippen molar-refractivity contribution in [3.63, 3.8) is 0 Å². The molecule has 1 rings (SSSR count). The Morgan fingerprint density at radius 2 is 1.32 bits per heavy atom. The van der Waals surface area contributed by atoms with Crippen LogP contribution >= 0.6 is 15.9 Å². The standard InChI is InChI=1S/C18H31BrO8Si/c1-10(20)24-14-13(9-23-28(7,8)18(4,5)6)27-17(19)16(26-12(3)22)15(14)25-11(2)21/h13-17H,9H2,1-8H3/t13-,14+,15+,16-,17+/m1/s1. The molecule has 0 spiro atoms. The Hall–Kier alpha value is -0.973. The molecule has 0 aromatic rings. The maximum atomic E-state index is 11.7. The minimum Gasteiger partial charge on any atom is -0.456 e. The average molecular weight is 483 g/mol. The Morgan fingerprint density at radius 1 is 0.893 bits per heavy atom. The zero-order valence-electron chi connectivity index (χ0n) is 17.7. The number of rotatable bonds is 6.